The highest BCUT2D eigenvalue weighted by atomic mass is 32.2. The van der Waals surface area contributed by atoms with Crippen molar-refractivity contribution in [1.29, 1.82) is 0 Å². The molecule has 1 aromatic heterocycles. The summed E-state index contributed by atoms with van der Waals surface area (Å²) in [6.45, 7) is 1.84. The normalized spacial score (nSPS) is 11.5. The van der Waals surface area contributed by atoms with Crippen molar-refractivity contribution in [2.75, 3.05) is 16.8 Å². The minimum Gasteiger partial charge on any atom is -0.382 e. The Hall–Kier alpha value is -1.67. The standard InChI is InChI=1S/C12H14FN3O2S2/c1-2-20(17,18)10-11(14)16-19-12(10)15-7-8-4-3-5-9(13)6-8/h3-6,15H,2,7H2,1H3,(H2,14,16). The Morgan fingerprint density at radius 2 is 2.20 bits per heavy atom. The Bertz CT molecular complexity index is 713. The highest BCUT2D eigenvalue weighted by Crippen LogP contribution is 2.32. The maximum atomic E-state index is 13.1. The molecular weight excluding hydrogens is 301 g/mol. The second kappa shape index (κ2) is 5.76. The number of hydrogen-bond acceptors (Lipinski definition) is 6. The lowest BCUT2D eigenvalue weighted by Gasteiger charge is -2.07. The van der Waals surface area contributed by atoms with Crippen LogP contribution < -0.4 is 11.1 Å². The van der Waals surface area contributed by atoms with Crippen molar-refractivity contribution in [3.63, 3.8) is 0 Å². The van der Waals surface area contributed by atoms with Crippen LogP contribution in [0.15, 0.2) is 29.2 Å². The summed E-state index contributed by atoms with van der Waals surface area (Å²) in [5.74, 6) is -0.391. The van der Waals surface area contributed by atoms with Crippen LogP contribution >= 0.6 is 11.5 Å². The summed E-state index contributed by atoms with van der Waals surface area (Å²) >= 11 is 0.983. The van der Waals surface area contributed by atoms with Gasteiger partial charge in [-0.25, -0.2) is 12.8 Å². The van der Waals surface area contributed by atoms with E-state index in [0.29, 0.717) is 17.1 Å². The molecular formula is C12H14FN3O2S2. The summed E-state index contributed by atoms with van der Waals surface area (Å²) in [4.78, 5) is 0.0291. The molecule has 108 valence electrons. The lowest BCUT2D eigenvalue weighted by molar-refractivity contribution is 0.598. The topological polar surface area (TPSA) is 85.1 Å². The molecule has 0 fully saturated rings. The van der Waals surface area contributed by atoms with E-state index in [-0.39, 0.29) is 22.3 Å². The van der Waals surface area contributed by atoms with E-state index in [4.69, 9.17) is 5.73 Å². The molecule has 1 heterocycles. The van der Waals surface area contributed by atoms with Gasteiger partial charge in [-0.1, -0.05) is 19.1 Å². The molecule has 0 aliphatic carbocycles. The monoisotopic (exact) mass is 315 g/mol. The third-order valence-corrected chi connectivity index (χ3v) is 5.45. The molecule has 0 spiro atoms. The molecule has 0 aliphatic heterocycles. The van der Waals surface area contributed by atoms with Crippen LogP contribution in [-0.2, 0) is 16.4 Å². The first-order chi connectivity index (χ1) is 9.44. The van der Waals surface area contributed by atoms with Gasteiger partial charge in [0, 0.05) is 6.54 Å². The van der Waals surface area contributed by atoms with Crippen LogP contribution in [-0.4, -0.2) is 18.5 Å². The van der Waals surface area contributed by atoms with Crippen molar-refractivity contribution in [1.82, 2.24) is 4.37 Å². The molecule has 0 atom stereocenters. The van der Waals surface area contributed by atoms with Crippen LogP contribution in [0.2, 0.25) is 0 Å². The fourth-order valence-electron chi connectivity index (χ4n) is 1.68. The molecule has 0 radical (unpaired) electrons. The maximum absolute atomic E-state index is 13.1. The Labute approximate surface area is 120 Å². The Morgan fingerprint density at radius 1 is 1.45 bits per heavy atom. The quantitative estimate of drug-likeness (QED) is 0.884. The van der Waals surface area contributed by atoms with Crippen molar-refractivity contribution in [3.05, 3.63) is 35.6 Å². The van der Waals surface area contributed by atoms with E-state index < -0.39 is 9.84 Å². The number of nitrogens with two attached hydrogens (primary N) is 1. The van der Waals surface area contributed by atoms with Crippen LogP contribution in [0, 0.1) is 5.82 Å². The summed E-state index contributed by atoms with van der Waals surface area (Å²) in [5, 5.41) is 3.33. The van der Waals surface area contributed by atoms with E-state index in [1.165, 1.54) is 12.1 Å². The van der Waals surface area contributed by atoms with Crippen molar-refractivity contribution in [2.45, 2.75) is 18.4 Å². The zero-order valence-corrected chi connectivity index (χ0v) is 12.4. The predicted octanol–water partition coefficient (Wildman–Crippen LogP) is 2.27. The van der Waals surface area contributed by atoms with Gasteiger partial charge in [-0.15, -0.1) is 0 Å². The Balaban J connectivity index is 2.23. The van der Waals surface area contributed by atoms with Crippen LogP contribution in [0.5, 0.6) is 0 Å². The molecule has 2 aromatic rings. The highest BCUT2D eigenvalue weighted by molar-refractivity contribution is 7.91. The number of benzene rings is 1. The average Bonchev–Trinajstić information content (AvgIpc) is 2.78. The third-order valence-electron chi connectivity index (χ3n) is 2.71. The molecule has 0 saturated carbocycles. The van der Waals surface area contributed by atoms with Crippen LogP contribution in [0.1, 0.15) is 12.5 Å². The van der Waals surface area contributed by atoms with E-state index >= 15 is 0 Å². The molecule has 0 bridgehead atoms. The predicted molar refractivity (Wildman–Crippen MR) is 78.0 cm³/mol. The van der Waals surface area contributed by atoms with Crippen molar-refractivity contribution in [2.24, 2.45) is 0 Å². The molecule has 0 unspecified atom stereocenters. The molecule has 8 heteroatoms. The number of anilines is 2. The first-order valence-electron chi connectivity index (χ1n) is 5.90. The number of nitrogen functional groups attached to an aromatic ring is 1. The highest BCUT2D eigenvalue weighted by Gasteiger charge is 2.23. The summed E-state index contributed by atoms with van der Waals surface area (Å²) in [6.07, 6.45) is 0. The van der Waals surface area contributed by atoms with Crippen molar-refractivity contribution >= 4 is 32.2 Å². The number of sulfone groups is 1. The summed E-state index contributed by atoms with van der Waals surface area (Å²) < 4.78 is 40.8. The molecule has 5 nitrogen and oxygen atoms in total. The fraction of sp³-hybridized carbons (Fsp3) is 0.250. The first kappa shape index (κ1) is 14.7. The van der Waals surface area contributed by atoms with E-state index in [0.717, 1.165) is 11.5 Å². The molecule has 1 aromatic carbocycles. The minimum atomic E-state index is -3.44. The molecule has 0 aliphatic rings. The zero-order chi connectivity index (χ0) is 14.8. The fourth-order valence-corrected chi connectivity index (χ4v) is 3.84. The minimum absolute atomic E-state index is 0.00130. The van der Waals surface area contributed by atoms with Gasteiger partial charge in [0.15, 0.2) is 15.7 Å². The summed E-state index contributed by atoms with van der Waals surface area (Å²) in [5.41, 5.74) is 6.32. The number of aromatic nitrogens is 1. The molecule has 0 saturated heterocycles. The third kappa shape index (κ3) is 3.07. The number of hydrogen-bond donors (Lipinski definition) is 2. The van der Waals surface area contributed by atoms with Crippen molar-refractivity contribution in [3.8, 4) is 0 Å². The molecule has 20 heavy (non-hydrogen) atoms. The van der Waals surface area contributed by atoms with Gasteiger partial charge in [0.1, 0.15) is 15.7 Å². The van der Waals surface area contributed by atoms with Gasteiger partial charge in [-0.3, -0.25) is 0 Å². The van der Waals surface area contributed by atoms with Gasteiger partial charge in [-0.2, -0.15) is 4.37 Å². The van der Waals surface area contributed by atoms with Gasteiger partial charge in [0.05, 0.1) is 5.75 Å². The van der Waals surface area contributed by atoms with Gasteiger partial charge in [0.2, 0.25) is 0 Å². The van der Waals surface area contributed by atoms with Crippen LogP contribution in [0.25, 0.3) is 0 Å². The lowest BCUT2D eigenvalue weighted by atomic mass is 10.2. The largest absolute Gasteiger partial charge is 0.382 e. The van der Waals surface area contributed by atoms with Gasteiger partial charge >= 0.3 is 0 Å². The van der Waals surface area contributed by atoms with Gasteiger partial charge in [-0.05, 0) is 29.2 Å². The second-order valence-corrected chi connectivity index (χ2v) is 7.10. The maximum Gasteiger partial charge on any atom is 0.184 e. The Kier molecular flexibility index (Phi) is 4.24. The van der Waals surface area contributed by atoms with Gasteiger partial charge in [0.25, 0.3) is 0 Å². The van der Waals surface area contributed by atoms with Crippen LogP contribution in [0.3, 0.4) is 0 Å². The second-order valence-electron chi connectivity index (χ2n) is 4.11. The van der Waals surface area contributed by atoms with Crippen LogP contribution in [0.4, 0.5) is 15.2 Å². The number of rotatable bonds is 5. The van der Waals surface area contributed by atoms with E-state index in [1.807, 2.05) is 0 Å². The lowest BCUT2D eigenvalue weighted by Crippen LogP contribution is -2.09. The summed E-state index contributed by atoms with van der Waals surface area (Å²) in [7, 11) is -3.44. The van der Waals surface area contributed by atoms with Gasteiger partial charge < -0.3 is 11.1 Å². The molecule has 0 amide bonds. The van der Waals surface area contributed by atoms with E-state index in [9.17, 15) is 12.8 Å². The molecule has 3 N–H and O–H groups in total. The number of halogens is 1. The zero-order valence-electron chi connectivity index (χ0n) is 10.8. The average molecular weight is 315 g/mol. The molecule has 2 rings (SSSR count). The van der Waals surface area contributed by atoms with Crippen molar-refractivity contribution < 1.29 is 12.8 Å². The van der Waals surface area contributed by atoms with E-state index in [1.54, 1.807) is 19.1 Å². The summed E-state index contributed by atoms with van der Waals surface area (Å²) in [6, 6.07) is 6.07. The first-order valence-corrected chi connectivity index (χ1v) is 8.33. The Morgan fingerprint density at radius 3 is 2.85 bits per heavy atom. The van der Waals surface area contributed by atoms with E-state index in [2.05, 4.69) is 9.69 Å². The SMILES string of the molecule is CCS(=O)(=O)c1c(N)nsc1NCc1cccc(F)c1. The number of nitrogens with zero attached hydrogens (tertiary/aromatic N) is 1. The smallest absolute Gasteiger partial charge is 0.184 e. The number of nitrogens with one attached hydrogen (secondary N) is 1.